The van der Waals surface area contributed by atoms with Gasteiger partial charge in [0.25, 0.3) is 5.91 Å². The molecule has 0 aliphatic carbocycles. The Balaban J connectivity index is 0.00000324. The standard InChI is InChI=1S/C22H10ClF5N2O3.Na/c23-13-4-1-3-12(22(26,27)28)17(13)20(31)30-16-6-2-5-14(24)18(16)19(29-30)11-8-7-10(21(32)33)9-15(11)25;/h1-9H,(H,32,33);/q;+1/p-1. The van der Waals surface area contributed by atoms with Gasteiger partial charge in [-0.2, -0.15) is 23.0 Å². The smallest absolute Gasteiger partial charge is 0.545 e. The molecule has 0 fully saturated rings. The molecule has 0 radical (unpaired) electrons. The molecule has 0 amide bonds. The quantitative estimate of drug-likeness (QED) is 0.316. The summed E-state index contributed by atoms with van der Waals surface area (Å²) in [6.07, 6.45) is -4.93. The van der Waals surface area contributed by atoms with Crippen molar-refractivity contribution in [2.45, 2.75) is 6.18 Å². The topological polar surface area (TPSA) is 75.0 Å². The molecule has 0 atom stereocenters. The number of halogens is 6. The third kappa shape index (κ3) is 4.46. The maximum Gasteiger partial charge on any atom is 1.00 e. The first kappa shape index (κ1) is 25.8. The van der Waals surface area contributed by atoms with Crippen molar-refractivity contribution in [3.8, 4) is 11.3 Å². The van der Waals surface area contributed by atoms with E-state index < -0.39 is 57.1 Å². The summed E-state index contributed by atoms with van der Waals surface area (Å²) in [7, 11) is 0. The molecular weight excluding hydrogens is 494 g/mol. The second kappa shape index (κ2) is 9.46. The second-order valence-electron chi connectivity index (χ2n) is 6.84. The third-order valence-electron chi connectivity index (χ3n) is 4.84. The SMILES string of the molecule is O=C([O-])c1ccc(-c2nn(C(=O)c3c(Cl)cccc3C(F)(F)F)c3cccc(F)c23)c(F)c1.[Na+]. The van der Waals surface area contributed by atoms with E-state index in [-0.39, 0.29) is 46.0 Å². The molecule has 1 heterocycles. The zero-order chi connectivity index (χ0) is 24.1. The van der Waals surface area contributed by atoms with Crippen molar-refractivity contribution in [2.75, 3.05) is 0 Å². The van der Waals surface area contributed by atoms with Gasteiger partial charge in [-0.25, -0.2) is 8.78 Å². The number of benzene rings is 3. The van der Waals surface area contributed by atoms with Gasteiger partial charge in [0, 0.05) is 11.1 Å². The minimum absolute atomic E-state index is 0. The van der Waals surface area contributed by atoms with Gasteiger partial charge in [0.2, 0.25) is 0 Å². The summed E-state index contributed by atoms with van der Waals surface area (Å²) in [4.78, 5) is 24.1. The number of carboxylic acids is 1. The van der Waals surface area contributed by atoms with Crippen molar-refractivity contribution < 1.29 is 66.2 Å². The van der Waals surface area contributed by atoms with Gasteiger partial charge >= 0.3 is 35.7 Å². The number of carbonyl (C=O) groups excluding carboxylic acids is 2. The number of hydrogen-bond acceptors (Lipinski definition) is 4. The molecular formula is C22H9ClF5N2NaO3. The Morgan fingerprint density at radius 3 is 2.26 bits per heavy atom. The summed E-state index contributed by atoms with van der Waals surface area (Å²) in [6, 6.07) is 8.74. The number of aromatic carboxylic acids is 1. The summed E-state index contributed by atoms with van der Waals surface area (Å²) < 4.78 is 70.4. The van der Waals surface area contributed by atoms with Gasteiger partial charge in [0.15, 0.2) is 0 Å². The van der Waals surface area contributed by atoms with Crippen LogP contribution in [0.15, 0.2) is 54.6 Å². The molecule has 0 unspecified atom stereocenters. The van der Waals surface area contributed by atoms with Crippen LogP contribution in [0.3, 0.4) is 0 Å². The van der Waals surface area contributed by atoms with E-state index in [0.29, 0.717) is 16.8 Å². The molecule has 0 saturated heterocycles. The van der Waals surface area contributed by atoms with E-state index in [9.17, 15) is 36.6 Å². The van der Waals surface area contributed by atoms with E-state index in [1.165, 1.54) is 12.1 Å². The molecule has 3 aromatic carbocycles. The van der Waals surface area contributed by atoms with Gasteiger partial charge in [0.05, 0.1) is 33.0 Å². The first-order valence-corrected chi connectivity index (χ1v) is 9.47. The predicted molar refractivity (Wildman–Crippen MR) is 106 cm³/mol. The fourth-order valence-electron chi connectivity index (χ4n) is 3.39. The van der Waals surface area contributed by atoms with Gasteiger partial charge < -0.3 is 9.90 Å². The number of aromatic nitrogens is 2. The first-order chi connectivity index (χ1) is 15.5. The molecule has 34 heavy (non-hydrogen) atoms. The van der Waals surface area contributed by atoms with Gasteiger partial charge in [-0.15, -0.1) is 0 Å². The number of alkyl halides is 3. The van der Waals surface area contributed by atoms with E-state index in [0.717, 1.165) is 30.3 Å². The van der Waals surface area contributed by atoms with Crippen molar-refractivity contribution in [3.05, 3.63) is 87.9 Å². The normalized spacial score (nSPS) is 11.4. The van der Waals surface area contributed by atoms with Crippen molar-refractivity contribution in [1.29, 1.82) is 0 Å². The summed E-state index contributed by atoms with van der Waals surface area (Å²) in [5, 5.41) is 14.0. The van der Waals surface area contributed by atoms with Crippen LogP contribution in [0, 0.1) is 11.6 Å². The van der Waals surface area contributed by atoms with E-state index in [2.05, 4.69) is 5.10 Å². The van der Waals surface area contributed by atoms with Crippen LogP contribution in [0.25, 0.3) is 22.2 Å². The van der Waals surface area contributed by atoms with Gasteiger partial charge in [-0.3, -0.25) is 4.79 Å². The summed E-state index contributed by atoms with van der Waals surface area (Å²) in [5.41, 5.74) is -3.78. The van der Waals surface area contributed by atoms with Crippen LogP contribution >= 0.6 is 11.6 Å². The van der Waals surface area contributed by atoms with E-state index in [1.54, 1.807) is 0 Å². The van der Waals surface area contributed by atoms with Crippen LogP contribution in [-0.4, -0.2) is 21.7 Å². The number of nitrogens with zero attached hydrogens (tertiary/aromatic N) is 2. The largest absolute Gasteiger partial charge is 1.00 e. The number of fused-ring (bicyclic) bond motifs is 1. The second-order valence-corrected chi connectivity index (χ2v) is 7.25. The minimum Gasteiger partial charge on any atom is -0.545 e. The van der Waals surface area contributed by atoms with E-state index >= 15 is 0 Å². The third-order valence-corrected chi connectivity index (χ3v) is 5.16. The average molecular weight is 503 g/mol. The molecule has 0 saturated carbocycles. The summed E-state index contributed by atoms with van der Waals surface area (Å²) >= 11 is 5.90. The van der Waals surface area contributed by atoms with Crippen LogP contribution in [0.1, 0.15) is 26.3 Å². The van der Waals surface area contributed by atoms with Crippen LogP contribution in [0.2, 0.25) is 5.02 Å². The zero-order valence-electron chi connectivity index (χ0n) is 17.1. The maximum absolute atomic E-state index is 14.7. The van der Waals surface area contributed by atoms with Crippen LogP contribution < -0.4 is 34.7 Å². The molecule has 0 bridgehead atoms. The van der Waals surface area contributed by atoms with Crippen LogP contribution in [0.5, 0.6) is 0 Å². The van der Waals surface area contributed by atoms with Gasteiger partial charge in [0.1, 0.15) is 17.3 Å². The Bertz CT molecular complexity index is 1450. The molecule has 0 aliphatic heterocycles. The Morgan fingerprint density at radius 2 is 1.65 bits per heavy atom. The summed E-state index contributed by atoms with van der Waals surface area (Å²) in [5.74, 6) is -5.02. The fourth-order valence-corrected chi connectivity index (χ4v) is 3.64. The zero-order valence-corrected chi connectivity index (χ0v) is 19.8. The molecule has 1 aromatic heterocycles. The van der Waals surface area contributed by atoms with Crippen LogP contribution in [-0.2, 0) is 6.18 Å². The van der Waals surface area contributed by atoms with E-state index in [1.807, 2.05) is 0 Å². The maximum atomic E-state index is 14.7. The molecule has 5 nitrogen and oxygen atoms in total. The fraction of sp³-hybridized carbons (Fsp3) is 0.0455. The molecule has 4 rings (SSSR count). The molecule has 0 N–H and O–H groups in total. The molecule has 12 heteroatoms. The Morgan fingerprint density at radius 1 is 0.971 bits per heavy atom. The van der Waals surface area contributed by atoms with Crippen molar-refractivity contribution in [2.24, 2.45) is 0 Å². The first-order valence-electron chi connectivity index (χ1n) is 9.09. The minimum atomic E-state index is -4.93. The molecule has 0 spiro atoms. The number of rotatable bonds is 3. The Hall–Kier alpha value is -2.79. The van der Waals surface area contributed by atoms with E-state index in [4.69, 9.17) is 11.6 Å². The number of carbonyl (C=O) groups is 2. The van der Waals surface area contributed by atoms with Crippen LogP contribution in [0.4, 0.5) is 22.0 Å². The van der Waals surface area contributed by atoms with Gasteiger partial charge in [-0.1, -0.05) is 29.8 Å². The molecule has 4 aromatic rings. The summed E-state index contributed by atoms with van der Waals surface area (Å²) in [6.45, 7) is 0. The monoisotopic (exact) mass is 502 g/mol. The molecule has 0 aliphatic rings. The van der Waals surface area contributed by atoms with Crippen molar-refractivity contribution in [1.82, 2.24) is 9.78 Å². The van der Waals surface area contributed by atoms with Crippen molar-refractivity contribution in [3.63, 3.8) is 0 Å². The predicted octanol–water partition coefficient (Wildman–Crippen LogP) is 1.71. The number of hydrogen-bond donors (Lipinski definition) is 0. The average Bonchev–Trinajstić information content (AvgIpc) is 3.13. The Kier molecular flexibility index (Phi) is 7.18. The Labute approximate surface area is 215 Å². The number of carboxylic acid groups (broad SMARTS) is 1. The van der Waals surface area contributed by atoms with Crippen molar-refractivity contribution >= 4 is 34.4 Å². The van der Waals surface area contributed by atoms with Gasteiger partial charge in [-0.05, 0) is 36.4 Å². The molecule has 168 valence electrons.